The Hall–Kier alpha value is -0.860. The average Bonchev–Trinajstić information content (AvgIpc) is 2.47. The first kappa shape index (κ1) is 14.5. The van der Waals surface area contributed by atoms with E-state index in [1.54, 1.807) is 0 Å². The van der Waals surface area contributed by atoms with Gasteiger partial charge in [-0.25, -0.2) is 0 Å². The summed E-state index contributed by atoms with van der Waals surface area (Å²) in [6, 6.07) is 8.84. The van der Waals surface area contributed by atoms with Gasteiger partial charge in [-0.3, -0.25) is 0 Å². The van der Waals surface area contributed by atoms with E-state index in [1.807, 2.05) is 0 Å². The second kappa shape index (κ2) is 7.66. The molecule has 1 aromatic rings. The molecular weight excluding hydrogens is 236 g/mol. The summed E-state index contributed by atoms with van der Waals surface area (Å²) in [6.45, 7) is 5.84. The van der Waals surface area contributed by atoms with Crippen molar-refractivity contribution in [3.05, 3.63) is 35.4 Å². The minimum Gasteiger partial charge on any atom is -0.373 e. The molecule has 0 N–H and O–H groups in total. The fraction of sp³-hybridized carbons (Fsp3) is 0.647. The summed E-state index contributed by atoms with van der Waals surface area (Å²) in [4.78, 5) is 0. The van der Waals surface area contributed by atoms with Crippen molar-refractivity contribution in [3.63, 3.8) is 0 Å². The normalized spacial score (nSPS) is 23.5. The summed E-state index contributed by atoms with van der Waals surface area (Å²) in [5.74, 6) is 0. The molecule has 1 fully saturated rings. The lowest BCUT2D eigenvalue weighted by Gasteiger charge is -2.29. The predicted molar refractivity (Wildman–Crippen MR) is 78.4 cm³/mol. The van der Waals surface area contributed by atoms with Gasteiger partial charge < -0.3 is 9.47 Å². The Kier molecular flexibility index (Phi) is 5.87. The van der Waals surface area contributed by atoms with Gasteiger partial charge in [0.1, 0.15) is 6.10 Å². The van der Waals surface area contributed by atoms with Crippen molar-refractivity contribution in [1.29, 1.82) is 0 Å². The number of benzene rings is 1. The Morgan fingerprint density at radius 1 is 1.00 bits per heavy atom. The summed E-state index contributed by atoms with van der Waals surface area (Å²) >= 11 is 0. The molecule has 0 saturated carbocycles. The molecule has 0 bridgehead atoms. The lowest BCUT2D eigenvalue weighted by atomic mass is 10.0. The molecule has 0 radical (unpaired) electrons. The van der Waals surface area contributed by atoms with E-state index >= 15 is 0 Å². The van der Waals surface area contributed by atoms with Crippen LogP contribution in [0, 0.1) is 0 Å². The first-order valence-electron chi connectivity index (χ1n) is 7.65. The molecule has 1 aliphatic heterocycles. The van der Waals surface area contributed by atoms with Crippen molar-refractivity contribution >= 4 is 0 Å². The molecule has 0 aromatic heterocycles. The minimum atomic E-state index is 0.119. The van der Waals surface area contributed by atoms with Crippen LogP contribution in [0.4, 0.5) is 0 Å². The molecule has 106 valence electrons. The van der Waals surface area contributed by atoms with Crippen molar-refractivity contribution in [2.45, 2.75) is 58.2 Å². The van der Waals surface area contributed by atoms with Gasteiger partial charge in [0.25, 0.3) is 0 Å². The number of aryl methyl sites for hydroxylation is 1. The maximum absolute atomic E-state index is 5.93. The third kappa shape index (κ3) is 4.32. The first-order chi connectivity index (χ1) is 9.33. The molecule has 0 unspecified atom stereocenters. The molecule has 1 heterocycles. The average molecular weight is 262 g/mol. The van der Waals surface area contributed by atoms with Gasteiger partial charge in [0.15, 0.2) is 0 Å². The fourth-order valence-electron chi connectivity index (χ4n) is 2.50. The summed E-state index contributed by atoms with van der Waals surface area (Å²) in [7, 11) is 0. The molecule has 1 aliphatic rings. The second-order valence-corrected chi connectivity index (χ2v) is 5.41. The van der Waals surface area contributed by atoms with E-state index in [0.29, 0.717) is 12.7 Å². The Morgan fingerprint density at radius 3 is 2.37 bits per heavy atom. The topological polar surface area (TPSA) is 18.5 Å². The van der Waals surface area contributed by atoms with Crippen LogP contribution in [0.2, 0.25) is 0 Å². The molecule has 2 nitrogen and oxygen atoms in total. The second-order valence-electron chi connectivity index (χ2n) is 5.41. The molecule has 0 amide bonds. The molecule has 0 spiro atoms. The smallest absolute Gasteiger partial charge is 0.106 e. The van der Waals surface area contributed by atoms with Gasteiger partial charge in [-0.05, 0) is 30.4 Å². The van der Waals surface area contributed by atoms with Gasteiger partial charge in [0.05, 0.1) is 19.3 Å². The van der Waals surface area contributed by atoms with Gasteiger partial charge >= 0.3 is 0 Å². The molecule has 2 atom stereocenters. The SMILES string of the molecule is CCCCc1ccc([C@@H]2CO[C@@H](CCC)CO2)cc1. The molecule has 19 heavy (non-hydrogen) atoms. The van der Waals surface area contributed by atoms with Gasteiger partial charge in [0.2, 0.25) is 0 Å². The molecule has 1 aromatic carbocycles. The number of hydrogen-bond donors (Lipinski definition) is 0. The largest absolute Gasteiger partial charge is 0.373 e. The molecule has 2 rings (SSSR count). The highest BCUT2D eigenvalue weighted by Gasteiger charge is 2.22. The van der Waals surface area contributed by atoms with Crippen LogP contribution in [0.1, 0.15) is 56.8 Å². The lowest BCUT2D eigenvalue weighted by Crippen LogP contribution is -2.30. The summed E-state index contributed by atoms with van der Waals surface area (Å²) in [6.07, 6.45) is 6.37. The number of ether oxygens (including phenoxy) is 2. The van der Waals surface area contributed by atoms with E-state index in [2.05, 4.69) is 38.1 Å². The third-order valence-electron chi connectivity index (χ3n) is 3.75. The van der Waals surface area contributed by atoms with Gasteiger partial charge in [-0.2, -0.15) is 0 Å². The van der Waals surface area contributed by atoms with Crippen LogP contribution in [0.3, 0.4) is 0 Å². The van der Waals surface area contributed by atoms with Crippen LogP contribution in [0.25, 0.3) is 0 Å². The zero-order valence-corrected chi connectivity index (χ0v) is 12.2. The predicted octanol–water partition coefficient (Wildman–Crippen LogP) is 4.29. The highest BCUT2D eigenvalue weighted by atomic mass is 16.6. The summed E-state index contributed by atoms with van der Waals surface area (Å²) < 4.78 is 11.8. The van der Waals surface area contributed by atoms with Crippen LogP contribution < -0.4 is 0 Å². The molecular formula is C17H26O2. The highest BCUT2D eigenvalue weighted by molar-refractivity contribution is 5.24. The maximum Gasteiger partial charge on any atom is 0.106 e. The van der Waals surface area contributed by atoms with Crippen LogP contribution in [0.15, 0.2) is 24.3 Å². The van der Waals surface area contributed by atoms with Crippen molar-refractivity contribution < 1.29 is 9.47 Å². The first-order valence-corrected chi connectivity index (χ1v) is 7.65. The third-order valence-corrected chi connectivity index (χ3v) is 3.75. The van der Waals surface area contributed by atoms with Crippen molar-refractivity contribution in [3.8, 4) is 0 Å². The minimum absolute atomic E-state index is 0.119. The van der Waals surface area contributed by atoms with E-state index in [1.165, 1.54) is 30.4 Å². The zero-order chi connectivity index (χ0) is 13.5. The number of unbranched alkanes of at least 4 members (excludes halogenated alkanes) is 1. The standard InChI is InChI=1S/C17H26O2/c1-3-5-7-14-8-10-15(11-9-14)17-13-18-16(6-4-2)12-19-17/h8-11,16-17H,3-7,12-13H2,1-2H3/t16-,17-/m0/s1. The number of hydrogen-bond acceptors (Lipinski definition) is 2. The van der Waals surface area contributed by atoms with E-state index < -0.39 is 0 Å². The van der Waals surface area contributed by atoms with Crippen molar-refractivity contribution in [2.24, 2.45) is 0 Å². The van der Waals surface area contributed by atoms with Crippen LogP contribution in [-0.4, -0.2) is 19.3 Å². The monoisotopic (exact) mass is 262 g/mol. The van der Waals surface area contributed by atoms with Gasteiger partial charge in [-0.15, -0.1) is 0 Å². The lowest BCUT2D eigenvalue weighted by molar-refractivity contribution is -0.137. The summed E-state index contributed by atoms with van der Waals surface area (Å²) in [5.41, 5.74) is 2.67. The Labute approximate surface area is 117 Å². The van der Waals surface area contributed by atoms with Crippen LogP contribution in [0.5, 0.6) is 0 Å². The van der Waals surface area contributed by atoms with E-state index in [9.17, 15) is 0 Å². The van der Waals surface area contributed by atoms with E-state index in [4.69, 9.17) is 9.47 Å². The molecule has 0 aliphatic carbocycles. The fourth-order valence-corrected chi connectivity index (χ4v) is 2.50. The van der Waals surface area contributed by atoms with Gasteiger partial charge in [-0.1, -0.05) is 51.0 Å². The molecule has 2 heteroatoms. The Balaban J connectivity index is 1.85. The molecule has 1 saturated heterocycles. The Bertz CT molecular complexity index is 350. The summed E-state index contributed by atoms with van der Waals surface area (Å²) in [5, 5.41) is 0. The van der Waals surface area contributed by atoms with Crippen LogP contribution in [-0.2, 0) is 15.9 Å². The van der Waals surface area contributed by atoms with E-state index in [0.717, 1.165) is 19.4 Å². The Morgan fingerprint density at radius 2 is 1.79 bits per heavy atom. The van der Waals surface area contributed by atoms with E-state index in [-0.39, 0.29) is 6.10 Å². The van der Waals surface area contributed by atoms with Crippen LogP contribution >= 0.6 is 0 Å². The highest BCUT2D eigenvalue weighted by Crippen LogP contribution is 2.24. The maximum atomic E-state index is 5.93. The number of rotatable bonds is 6. The quantitative estimate of drug-likeness (QED) is 0.761. The van der Waals surface area contributed by atoms with Crippen molar-refractivity contribution in [2.75, 3.05) is 13.2 Å². The zero-order valence-electron chi connectivity index (χ0n) is 12.2. The van der Waals surface area contributed by atoms with Gasteiger partial charge in [0, 0.05) is 0 Å². The van der Waals surface area contributed by atoms with Crippen molar-refractivity contribution in [1.82, 2.24) is 0 Å².